The number of halogens is 2. The molecule has 0 saturated carbocycles. The summed E-state index contributed by atoms with van der Waals surface area (Å²) in [5.74, 6) is -0.220. The van der Waals surface area contributed by atoms with Gasteiger partial charge in [-0.05, 0) is 43.1 Å². The Bertz CT molecular complexity index is 404. The molecule has 1 aromatic carbocycles. The Morgan fingerprint density at radius 1 is 1.50 bits per heavy atom. The Kier molecular flexibility index (Phi) is 3.19. The van der Waals surface area contributed by atoms with E-state index in [0.717, 1.165) is 12.0 Å². The van der Waals surface area contributed by atoms with E-state index in [1.165, 1.54) is 6.07 Å². The second-order valence-corrected chi connectivity index (χ2v) is 4.80. The molecule has 1 fully saturated rings. The second-order valence-electron chi connectivity index (χ2n) is 4.39. The van der Waals surface area contributed by atoms with Gasteiger partial charge in [0.2, 0.25) is 0 Å². The molecule has 0 aromatic heterocycles. The molecule has 0 amide bonds. The minimum Gasteiger partial charge on any atom is -0.379 e. The van der Waals surface area contributed by atoms with Gasteiger partial charge < -0.3 is 10.5 Å². The molecule has 0 unspecified atom stereocenters. The Hall–Kier alpha value is -0.640. The van der Waals surface area contributed by atoms with Crippen molar-refractivity contribution in [2.45, 2.75) is 18.8 Å². The third-order valence-corrected chi connectivity index (χ3v) is 3.51. The van der Waals surface area contributed by atoms with Crippen LogP contribution in [0.15, 0.2) is 12.1 Å². The van der Waals surface area contributed by atoms with Gasteiger partial charge in [-0.25, -0.2) is 4.39 Å². The van der Waals surface area contributed by atoms with Crippen molar-refractivity contribution in [2.75, 3.05) is 19.8 Å². The molecule has 0 bridgehead atoms. The van der Waals surface area contributed by atoms with E-state index < -0.39 is 0 Å². The lowest BCUT2D eigenvalue weighted by Crippen LogP contribution is -2.48. The molecule has 4 heteroatoms. The lowest BCUT2D eigenvalue weighted by Gasteiger charge is -2.42. The Morgan fingerprint density at radius 3 is 2.69 bits per heavy atom. The summed E-state index contributed by atoms with van der Waals surface area (Å²) in [6.45, 7) is 3.41. The van der Waals surface area contributed by atoms with Gasteiger partial charge >= 0.3 is 0 Å². The number of ether oxygens (including phenoxy) is 1. The van der Waals surface area contributed by atoms with E-state index >= 15 is 0 Å². The van der Waals surface area contributed by atoms with Gasteiger partial charge in [0.15, 0.2) is 0 Å². The molecule has 1 heterocycles. The lowest BCUT2D eigenvalue weighted by atomic mass is 9.75. The summed E-state index contributed by atoms with van der Waals surface area (Å²) in [5, 5.41) is 0.607. The molecule has 0 aliphatic carbocycles. The summed E-state index contributed by atoms with van der Waals surface area (Å²) in [7, 11) is 0. The van der Waals surface area contributed by atoms with E-state index in [1.54, 1.807) is 13.0 Å². The molecule has 0 atom stereocenters. The van der Waals surface area contributed by atoms with Crippen molar-refractivity contribution in [1.82, 2.24) is 0 Å². The highest BCUT2D eigenvalue weighted by Gasteiger charge is 2.41. The van der Waals surface area contributed by atoms with Crippen molar-refractivity contribution in [1.29, 1.82) is 0 Å². The first-order valence-corrected chi connectivity index (χ1v) is 5.71. The molecule has 88 valence electrons. The zero-order valence-electron chi connectivity index (χ0n) is 9.22. The van der Waals surface area contributed by atoms with Gasteiger partial charge in [0.25, 0.3) is 0 Å². The Balaban J connectivity index is 2.42. The van der Waals surface area contributed by atoms with E-state index in [2.05, 4.69) is 0 Å². The maximum absolute atomic E-state index is 13.6. The van der Waals surface area contributed by atoms with Crippen LogP contribution in [0.5, 0.6) is 0 Å². The average molecular weight is 244 g/mol. The van der Waals surface area contributed by atoms with Crippen LogP contribution >= 0.6 is 11.6 Å². The fourth-order valence-corrected chi connectivity index (χ4v) is 2.53. The topological polar surface area (TPSA) is 35.2 Å². The molecule has 1 aliphatic heterocycles. The van der Waals surface area contributed by atoms with Crippen molar-refractivity contribution in [2.24, 2.45) is 5.73 Å². The molecule has 2 rings (SSSR count). The lowest BCUT2D eigenvalue weighted by molar-refractivity contribution is -0.0631. The van der Waals surface area contributed by atoms with Crippen LogP contribution in [-0.4, -0.2) is 19.8 Å². The number of benzene rings is 1. The van der Waals surface area contributed by atoms with E-state index in [-0.39, 0.29) is 11.2 Å². The number of aryl methyl sites for hydroxylation is 1. The SMILES string of the molecule is Cc1cc(Cl)c(C2(CCN)COC2)cc1F. The fraction of sp³-hybridized carbons (Fsp3) is 0.500. The van der Waals surface area contributed by atoms with Crippen LogP contribution in [-0.2, 0) is 10.2 Å². The third-order valence-electron chi connectivity index (χ3n) is 3.20. The van der Waals surface area contributed by atoms with Gasteiger partial charge in [-0.1, -0.05) is 11.6 Å². The number of rotatable bonds is 3. The van der Waals surface area contributed by atoms with Gasteiger partial charge in [-0.2, -0.15) is 0 Å². The summed E-state index contributed by atoms with van der Waals surface area (Å²) in [6, 6.07) is 3.19. The summed E-state index contributed by atoms with van der Waals surface area (Å²) in [5.41, 5.74) is 6.80. The van der Waals surface area contributed by atoms with Crippen LogP contribution in [0, 0.1) is 12.7 Å². The number of nitrogens with two attached hydrogens (primary N) is 1. The highest BCUT2D eigenvalue weighted by Crippen LogP contribution is 2.40. The summed E-state index contributed by atoms with van der Waals surface area (Å²) >= 11 is 6.17. The maximum atomic E-state index is 13.6. The molecule has 16 heavy (non-hydrogen) atoms. The van der Waals surface area contributed by atoms with Crippen LogP contribution in [0.4, 0.5) is 4.39 Å². The predicted molar refractivity (Wildman–Crippen MR) is 62.3 cm³/mol. The molecule has 0 radical (unpaired) electrons. The predicted octanol–water partition coefficient (Wildman–Crippen LogP) is 2.40. The van der Waals surface area contributed by atoms with Crippen molar-refractivity contribution < 1.29 is 9.13 Å². The zero-order valence-corrected chi connectivity index (χ0v) is 9.98. The van der Waals surface area contributed by atoms with Gasteiger partial charge in [0, 0.05) is 10.4 Å². The fourth-order valence-electron chi connectivity index (χ4n) is 2.11. The minimum absolute atomic E-state index is 0.180. The zero-order chi connectivity index (χ0) is 11.8. The van der Waals surface area contributed by atoms with Crippen LogP contribution in [0.3, 0.4) is 0 Å². The molecule has 0 spiro atoms. The minimum atomic E-state index is -0.220. The monoisotopic (exact) mass is 243 g/mol. The van der Waals surface area contributed by atoms with Crippen LogP contribution < -0.4 is 5.73 Å². The molecular formula is C12H15ClFNO. The van der Waals surface area contributed by atoms with Gasteiger partial charge in [0.05, 0.1) is 13.2 Å². The Labute approximate surface area is 99.5 Å². The quantitative estimate of drug-likeness (QED) is 0.885. The third kappa shape index (κ3) is 1.83. The average Bonchev–Trinajstić information content (AvgIpc) is 2.18. The van der Waals surface area contributed by atoms with Gasteiger partial charge in [0.1, 0.15) is 5.82 Å². The van der Waals surface area contributed by atoms with Crippen LogP contribution in [0.1, 0.15) is 17.5 Å². The van der Waals surface area contributed by atoms with E-state index in [1.807, 2.05) is 0 Å². The van der Waals surface area contributed by atoms with Crippen molar-refractivity contribution >= 4 is 11.6 Å². The summed E-state index contributed by atoms with van der Waals surface area (Å²) in [4.78, 5) is 0. The van der Waals surface area contributed by atoms with E-state index in [0.29, 0.717) is 30.3 Å². The maximum Gasteiger partial charge on any atom is 0.126 e. The summed E-state index contributed by atoms with van der Waals surface area (Å²) in [6.07, 6.45) is 0.773. The second kappa shape index (κ2) is 4.32. The van der Waals surface area contributed by atoms with Crippen LogP contribution in [0.2, 0.25) is 5.02 Å². The molecule has 2 N–H and O–H groups in total. The molecular weight excluding hydrogens is 229 g/mol. The Morgan fingerprint density at radius 2 is 2.19 bits per heavy atom. The smallest absolute Gasteiger partial charge is 0.126 e. The highest BCUT2D eigenvalue weighted by atomic mass is 35.5. The molecule has 2 nitrogen and oxygen atoms in total. The standard InChI is InChI=1S/C12H15ClFNO/c1-8-4-10(13)9(5-11(8)14)12(2-3-15)6-16-7-12/h4-5H,2-3,6-7,15H2,1H3. The largest absolute Gasteiger partial charge is 0.379 e. The first-order valence-electron chi connectivity index (χ1n) is 5.33. The normalized spacial score (nSPS) is 18.2. The molecule has 1 aliphatic rings. The summed E-state index contributed by atoms with van der Waals surface area (Å²) < 4.78 is 18.8. The first kappa shape index (κ1) is 11.8. The first-order chi connectivity index (χ1) is 7.59. The van der Waals surface area contributed by atoms with E-state index in [4.69, 9.17) is 22.1 Å². The van der Waals surface area contributed by atoms with E-state index in [9.17, 15) is 4.39 Å². The number of hydrogen-bond acceptors (Lipinski definition) is 2. The van der Waals surface area contributed by atoms with Crippen LogP contribution in [0.25, 0.3) is 0 Å². The molecule has 1 aromatic rings. The van der Waals surface area contributed by atoms with Gasteiger partial charge in [-0.15, -0.1) is 0 Å². The van der Waals surface area contributed by atoms with Crippen molar-refractivity contribution in [3.8, 4) is 0 Å². The van der Waals surface area contributed by atoms with Crippen molar-refractivity contribution in [3.05, 3.63) is 34.1 Å². The highest BCUT2D eigenvalue weighted by molar-refractivity contribution is 6.31. The van der Waals surface area contributed by atoms with Gasteiger partial charge in [-0.3, -0.25) is 0 Å². The van der Waals surface area contributed by atoms with Crippen molar-refractivity contribution in [3.63, 3.8) is 0 Å². The number of hydrogen-bond donors (Lipinski definition) is 1. The molecule has 1 saturated heterocycles.